The van der Waals surface area contributed by atoms with Crippen LogP contribution in [0.1, 0.15) is 39.7 Å². The van der Waals surface area contributed by atoms with Gasteiger partial charge in [-0.25, -0.2) is 4.31 Å². The van der Waals surface area contributed by atoms with Gasteiger partial charge in [-0.1, -0.05) is 48.9 Å². The second kappa shape index (κ2) is 11.9. The minimum atomic E-state index is -3.98. The van der Waals surface area contributed by atoms with Crippen molar-refractivity contribution >= 4 is 39.3 Å². The van der Waals surface area contributed by atoms with E-state index in [0.29, 0.717) is 17.1 Å². The normalized spacial score (nSPS) is 12.8. The van der Waals surface area contributed by atoms with Crippen LogP contribution in [-0.2, 0) is 26.3 Å². The number of carbonyl (C=O) groups excluding carboxylic acids is 2. The fourth-order valence-electron chi connectivity index (χ4n) is 3.47. The van der Waals surface area contributed by atoms with Gasteiger partial charge in [-0.3, -0.25) is 9.59 Å². The van der Waals surface area contributed by atoms with E-state index in [4.69, 9.17) is 11.6 Å². The van der Waals surface area contributed by atoms with E-state index < -0.39 is 34.2 Å². The van der Waals surface area contributed by atoms with E-state index in [9.17, 15) is 18.0 Å². The lowest BCUT2D eigenvalue weighted by molar-refractivity contribution is -0.141. The molecule has 0 saturated heterocycles. The quantitative estimate of drug-likeness (QED) is 0.515. The third kappa shape index (κ3) is 7.95. The smallest absolute Gasteiger partial charge is 0.304 e. The topological polar surface area (TPSA) is 90.0 Å². The Bertz CT molecular complexity index is 1100. The molecule has 35 heavy (non-hydrogen) atoms. The molecule has 0 aliphatic heterocycles. The van der Waals surface area contributed by atoms with E-state index in [0.717, 1.165) is 14.2 Å². The Morgan fingerprint density at radius 3 is 2.06 bits per heavy atom. The number of hydrogen-bond acceptors (Lipinski definition) is 4. The molecular formula is C25H35ClN4O4S. The highest BCUT2D eigenvalue weighted by atomic mass is 35.5. The number of nitrogens with one attached hydrogen (secondary N) is 1. The maximum Gasteiger partial charge on any atom is 0.304 e. The van der Waals surface area contributed by atoms with Gasteiger partial charge in [0.25, 0.3) is 0 Å². The molecule has 2 aromatic rings. The minimum Gasteiger partial charge on any atom is -0.350 e. The molecule has 2 amide bonds. The molecule has 2 rings (SSSR count). The number of para-hydroxylation sites is 1. The molecular weight excluding hydrogens is 488 g/mol. The molecule has 0 spiro atoms. The van der Waals surface area contributed by atoms with Gasteiger partial charge in [-0.2, -0.15) is 12.7 Å². The van der Waals surface area contributed by atoms with Crippen molar-refractivity contribution in [3.63, 3.8) is 0 Å². The fourth-order valence-corrected chi connectivity index (χ4v) is 4.65. The summed E-state index contributed by atoms with van der Waals surface area (Å²) in [5.74, 6) is -0.797. The maximum atomic E-state index is 13.7. The number of carbonyl (C=O) groups is 2. The fraction of sp³-hybridized carbons (Fsp3) is 0.440. The van der Waals surface area contributed by atoms with Crippen LogP contribution in [0.3, 0.4) is 0 Å². The first kappa shape index (κ1) is 28.6. The average Bonchev–Trinajstić information content (AvgIpc) is 2.77. The van der Waals surface area contributed by atoms with Gasteiger partial charge in [0.15, 0.2) is 0 Å². The lowest BCUT2D eigenvalue weighted by Gasteiger charge is -2.35. The van der Waals surface area contributed by atoms with Gasteiger partial charge in [0, 0.05) is 31.2 Å². The van der Waals surface area contributed by atoms with Gasteiger partial charge >= 0.3 is 10.2 Å². The zero-order valence-corrected chi connectivity index (χ0v) is 22.7. The molecule has 0 aliphatic carbocycles. The lowest BCUT2D eigenvalue weighted by atomic mass is 10.1. The third-order valence-corrected chi connectivity index (χ3v) is 7.29. The molecule has 1 N–H and O–H groups in total. The maximum absolute atomic E-state index is 13.7. The van der Waals surface area contributed by atoms with Crippen LogP contribution in [0.15, 0.2) is 54.6 Å². The molecule has 2 aromatic carbocycles. The Kier molecular flexibility index (Phi) is 9.71. The van der Waals surface area contributed by atoms with Crippen molar-refractivity contribution in [2.45, 2.75) is 52.2 Å². The number of rotatable bonds is 10. The molecule has 8 nitrogen and oxygen atoms in total. The van der Waals surface area contributed by atoms with Crippen LogP contribution in [0.4, 0.5) is 5.69 Å². The van der Waals surface area contributed by atoms with Crippen molar-refractivity contribution in [2.75, 3.05) is 24.9 Å². The van der Waals surface area contributed by atoms with Crippen molar-refractivity contribution in [3.05, 3.63) is 65.2 Å². The average molecular weight is 523 g/mol. The third-order valence-electron chi connectivity index (χ3n) is 5.21. The molecule has 0 saturated carbocycles. The zero-order valence-electron chi connectivity index (χ0n) is 21.2. The molecule has 0 fully saturated rings. The largest absolute Gasteiger partial charge is 0.350 e. The van der Waals surface area contributed by atoms with E-state index in [1.54, 1.807) is 54.6 Å². The van der Waals surface area contributed by atoms with Crippen molar-refractivity contribution in [2.24, 2.45) is 0 Å². The Morgan fingerprint density at radius 2 is 1.57 bits per heavy atom. The summed E-state index contributed by atoms with van der Waals surface area (Å²) in [6.45, 7) is 7.08. The predicted octanol–water partition coefficient (Wildman–Crippen LogP) is 3.67. The number of anilines is 1. The van der Waals surface area contributed by atoms with Gasteiger partial charge in [0.1, 0.15) is 12.6 Å². The number of hydrogen-bond donors (Lipinski definition) is 1. The molecule has 0 radical (unpaired) electrons. The van der Waals surface area contributed by atoms with Crippen molar-refractivity contribution < 1.29 is 18.0 Å². The molecule has 0 bridgehead atoms. The first-order valence-electron chi connectivity index (χ1n) is 11.4. The summed E-state index contributed by atoms with van der Waals surface area (Å²) in [5.41, 5.74) is 0.628. The van der Waals surface area contributed by atoms with Crippen LogP contribution >= 0.6 is 11.6 Å². The monoisotopic (exact) mass is 522 g/mol. The van der Waals surface area contributed by atoms with Gasteiger partial charge in [-0.05, 0) is 57.0 Å². The van der Waals surface area contributed by atoms with Crippen LogP contribution in [-0.4, -0.2) is 61.7 Å². The summed E-state index contributed by atoms with van der Waals surface area (Å²) < 4.78 is 28.4. The lowest BCUT2D eigenvalue weighted by Crippen LogP contribution is -2.55. The van der Waals surface area contributed by atoms with Crippen LogP contribution < -0.4 is 9.62 Å². The molecule has 0 aromatic heterocycles. The highest BCUT2D eigenvalue weighted by Crippen LogP contribution is 2.21. The summed E-state index contributed by atoms with van der Waals surface area (Å²) in [7, 11) is -1.16. The first-order chi connectivity index (χ1) is 16.3. The Morgan fingerprint density at radius 1 is 1.00 bits per heavy atom. The summed E-state index contributed by atoms with van der Waals surface area (Å²) in [6.07, 6.45) is 0.354. The van der Waals surface area contributed by atoms with Crippen LogP contribution in [0.5, 0.6) is 0 Å². The minimum absolute atomic E-state index is 0.122. The predicted molar refractivity (Wildman–Crippen MR) is 140 cm³/mol. The van der Waals surface area contributed by atoms with Gasteiger partial charge in [-0.15, -0.1) is 0 Å². The van der Waals surface area contributed by atoms with Crippen LogP contribution in [0.2, 0.25) is 5.02 Å². The van der Waals surface area contributed by atoms with Crippen molar-refractivity contribution in [1.82, 2.24) is 14.5 Å². The van der Waals surface area contributed by atoms with Gasteiger partial charge in [0.05, 0.1) is 5.69 Å². The summed E-state index contributed by atoms with van der Waals surface area (Å²) in [5, 5.41) is 3.49. The number of halogens is 1. The molecule has 10 heteroatoms. The van der Waals surface area contributed by atoms with Gasteiger partial charge < -0.3 is 10.2 Å². The van der Waals surface area contributed by atoms with Crippen molar-refractivity contribution in [3.8, 4) is 0 Å². The standard InChI is InChI=1S/C25H35ClN4O4S/c1-7-22(24(32)27-25(2,3)4)29(17-19-13-15-20(26)16-14-19)23(31)18-30(35(33,34)28(5)6)21-11-9-8-10-12-21/h8-16,22H,7,17-18H2,1-6H3,(H,27,32)/t22-/m1/s1. The summed E-state index contributed by atoms with van der Waals surface area (Å²) in [6, 6.07) is 14.6. The molecule has 0 unspecified atom stereocenters. The second-order valence-corrected chi connectivity index (χ2v) is 11.9. The molecule has 192 valence electrons. The highest BCUT2D eigenvalue weighted by Gasteiger charge is 2.34. The number of nitrogens with zero attached hydrogens (tertiary/aromatic N) is 3. The molecule has 0 heterocycles. The highest BCUT2D eigenvalue weighted by molar-refractivity contribution is 7.90. The molecule has 1 atom stereocenters. The number of benzene rings is 2. The van der Waals surface area contributed by atoms with E-state index in [1.807, 2.05) is 27.7 Å². The second-order valence-electron chi connectivity index (χ2n) is 9.44. The Balaban J connectivity index is 2.48. The summed E-state index contributed by atoms with van der Waals surface area (Å²) in [4.78, 5) is 28.3. The van der Waals surface area contributed by atoms with Gasteiger partial charge in [0.2, 0.25) is 11.8 Å². The van der Waals surface area contributed by atoms with Crippen LogP contribution in [0.25, 0.3) is 0 Å². The first-order valence-corrected chi connectivity index (χ1v) is 13.1. The SMILES string of the molecule is CC[C@H](C(=O)NC(C)(C)C)N(Cc1ccc(Cl)cc1)C(=O)CN(c1ccccc1)S(=O)(=O)N(C)C. The van der Waals surface area contributed by atoms with E-state index in [1.165, 1.54) is 19.0 Å². The van der Waals surface area contributed by atoms with E-state index in [2.05, 4.69) is 5.32 Å². The van der Waals surface area contributed by atoms with E-state index in [-0.39, 0.29) is 12.5 Å². The zero-order chi connectivity index (χ0) is 26.4. The van der Waals surface area contributed by atoms with Crippen LogP contribution in [0, 0.1) is 0 Å². The van der Waals surface area contributed by atoms with Crippen molar-refractivity contribution in [1.29, 1.82) is 0 Å². The van der Waals surface area contributed by atoms with E-state index >= 15 is 0 Å². The number of amides is 2. The Labute approximate surface area is 214 Å². The summed E-state index contributed by atoms with van der Waals surface area (Å²) >= 11 is 6.02. The molecule has 0 aliphatic rings. The Hall–Kier alpha value is -2.62.